The maximum absolute atomic E-state index is 12.5. The molecule has 0 saturated heterocycles. The number of carbonyl (C=O) groups excluding carboxylic acids is 2. The number of hydrogen-bond acceptors (Lipinski definition) is 4. The quantitative estimate of drug-likeness (QED) is 0.868. The van der Waals surface area contributed by atoms with Crippen molar-refractivity contribution in [2.75, 3.05) is 12.3 Å². The van der Waals surface area contributed by atoms with Crippen LogP contribution in [0, 0.1) is 0 Å². The van der Waals surface area contributed by atoms with Gasteiger partial charge in [0.1, 0.15) is 0 Å². The summed E-state index contributed by atoms with van der Waals surface area (Å²) in [4.78, 5) is 29.1. The maximum Gasteiger partial charge on any atom is 0.251 e. The first-order valence-electron chi connectivity index (χ1n) is 8.10. The largest absolute Gasteiger partial charge is 0.345 e. The zero-order chi connectivity index (χ0) is 17.5. The molecular weight excluding hydrogens is 334 g/mol. The van der Waals surface area contributed by atoms with Gasteiger partial charge in [0.05, 0.1) is 19.0 Å². The van der Waals surface area contributed by atoms with Crippen molar-refractivity contribution in [3.8, 4) is 0 Å². The van der Waals surface area contributed by atoms with Gasteiger partial charge in [-0.15, -0.1) is 0 Å². The fourth-order valence-corrected chi connectivity index (χ4v) is 3.28. The van der Waals surface area contributed by atoms with Crippen molar-refractivity contribution in [2.24, 2.45) is 4.99 Å². The molecule has 1 aliphatic heterocycles. The summed E-state index contributed by atoms with van der Waals surface area (Å²) >= 11 is 1.54. The van der Waals surface area contributed by atoms with Gasteiger partial charge < -0.3 is 10.6 Å². The first-order valence-corrected chi connectivity index (χ1v) is 9.09. The van der Waals surface area contributed by atoms with Crippen LogP contribution < -0.4 is 10.6 Å². The Morgan fingerprint density at radius 1 is 1.04 bits per heavy atom. The van der Waals surface area contributed by atoms with E-state index in [1.807, 2.05) is 48.5 Å². The number of rotatable bonds is 5. The van der Waals surface area contributed by atoms with Crippen molar-refractivity contribution in [1.82, 2.24) is 10.6 Å². The summed E-state index contributed by atoms with van der Waals surface area (Å²) in [6, 6.07) is 18.1. The highest BCUT2D eigenvalue weighted by Gasteiger charge is 2.20. The summed E-state index contributed by atoms with van der Waals surface area (Å²) in [5.41, 5.74) is 1.46. The van der Waals surface area contributed by atoms with Crippen LogP contribution in [0.25, 0.3) is 0 Å². The predicted molar refractivity (Wildman–Crippen MR) is 101 cm³/mol. The van der Waals surface area contributed by atoms with Gasteiger partial charge in [0.2, 0.25) is 5.91 Å². The molecule has 2 N–H and O–H groups in total. The van der Waals surface area contributed by atoms with Crippen LogP contribution in [0.2, 0.25) is 0 Å². The summed E-state index contributed by atoms with van der Waals surface area (Å²) in [5, 5.41) is 6.43. The van der Waals surface area contributed by atoms with Crippen molar-refractivity contribution in [3.63, 3.8) is 0 Å². The molecule has 0 spiro atoms. The van der Waals surface area contributed by atoms with E-state index < -0.39 is 6.04 Å². The number of aliphatic imine (C=N–C) groups is 1. The zero-order valence-corrected chi connectivity index (χ0v) is 14.5. The number of amides is 2. The van der Waals surface area contributed by atoms with Crippen molar-refractivity contribution in [1.29, 1.82) is 0 Å². The van der Waals surface area contributed by atoms with Gasteiger partial charge in [0.15, 0.2) is 5.17 Å². The van der Waals surface area contributed by atoms with E-state index >= 15 is 0 Å². The second-order valence-corrected chi connectivity index (χ2v) is 6.67. The first-order chi connectivity index (χ1) is 12.2. The fourth-order valence-electron chi connectivity index (χ4n) is 2.54. The lowest BCUT2D eigenvalue weighted by molar-refractivity contribution is -0.120. The molecule has 6 heteroatoms. The zero-order valence-electron chi connectivity index (χ0n) is 13.6. The summed E-state index contributed by atoms with van der Waals surface area (Å²) < 4.78 is 0. The third kappa shape index (κ3) is 4.93. The van der Waals surface area contributed by atoms with Gasteiger partial charge in [-0.2, -0.15) is 0 Å². The number of hydrogen-bond donors (Lipinski definition) is 2. The van der Waals surface area contributed by atoms with Crippen LogP contribution in [0.15, 0.2) is 65.7 Å². The lowest BCUT2D eigenvalue weighted by Gasteiger charge is -2.19. The molecule has 1 atom stereocenters. The Morgan fingerprint density at radius 3 is 2.36 bits per heavy atom. The van der Waals surface area contributed by atoms with E-state index in [-0.39, 0.29) is 18.2 Å². The van der Waals surface area contributed by atoms with E-state index in [1.54, 1.807) is 12.1 Å². The van der Waals surface area contributed by atoms with E-state index in [0.717, 1.165) is 17.9 Å². The molecule has 2 aromatic carbocycles. The molecule has 5 nitrogen and oxygen atoms in total. The SMILES string of the molecule is O=C(CC(NC(=O)c1ccccc1)c1ccccc1)NC1=NCCS1. The van der Waals surface area contributed by atoms with E-state index in [9.17, 15) is 9.59 Å². The lowest BCUT2D eigenvalue weighted by Crippen LogP contribution is -2.35. The van der Waals surface area contributed by atoms with Gasteiger partial charge >= 0.3 is 0 Å². The van der Waals surface area contributed by atoms with E-state index in [2.05, 4.69) is 15.6 Å². The minimum absolute atomic E-state index is 0.155. The lowest BCUT2D eigenvalue weighted by atomic mass is 10.0. The highest BCUT2D eigenvalue weighted by Crippen LogP contribution is 2.18. The number of carbonyl (C=O) groups is 2. The minimum Gasteiger partial charge on any atom is -0.345 e. The molecule has 0 radical (unpaired) electrons. The molecule has 0 saturated carbocycles. The molecular formula is C19H19N3O2S. The molecule has 2 amide bonds. The molecule has 0 fully saturated rings. The van der Waals surface area contributed by atoms with Gasteiger partial charge in [-0.05, 0) is 17.7 Å². The molecule has 0 aromatic heterocycles. The highest BCUT2D eigenvalue weighted by molar-refractivity contribution is 8.14. The standard InChI is InChI=1S/C19H19N3O2S/c23-17(22-19-20-11-12-25-19)13-16(14-7-3-1-4-8-14)21-18(24)15-9-5-2-6-10-15/h1-10,16H,11-13H2,(H,21,24)(H,20,22,23). The van der Waals surface area contributed by atoms with Crippen LogP contribution in [-0.4, -0.2) is 29.3 Å². The van der Waals surface area contributed by atoms with Crippen LogP contribution in [0.3, 0.4) is 0 Å². The molecule has 3 rings (SSSR count). The third-order valence-corrected chi connectivity index (χ3v) is 4.66. The van der Waals surface area contributed by atoms with E-state index in [0.29, 0.717) is 10.7 Å². The summed E-state index contributed by atoms with van der Waals surface area (Å²) in [6.45, 7) is 0.729. The molecule has 25 heavy (non-hydrogen) atoms. The molecule has 128 valence electrons. The molecule has 1 heterocycles. The summed E-state index contributed by atoms with van der Waals surface area (Å²) in [5.74, 6) is 0.535. The normalized spacial score (nSPS) is 14.5. The van der Waals surface area contributed by atoms with Crippen molar-refractivity contribution in [2.45, 2.75) is 12.5 Å². The molecule has 2 aromatic rings. The number of thioether (sulfide) groups is 1. The van der Waals surface area contributed by atoms with Crippen LogP contribution in [0.5, 0.6) is 0 Å². The van der Waals surface area contributed by atoms with Gasteiger partial charge in [0, 0.05) is 11.3 Å². The Morgan fingerprint density at radius 2 is 1.72 bits per heavy atom. The maximum atomic E-state index is 12.5. The number of nitrogens with one attached hydrogen (secondary N) is 2. The predicted octanol–water partition coefficient (Wildman–Crippen LogP) is 2.77. The van der Waals surface area contributed by atoms with Gasteiger partial charge in [-0.3, -0.25) is 14.6 Å². The van der Waals surface area contributed by atoms with Crippen LogP contribution in [-0.2, 0) is 4.79 Å². The Bertz CT molecular complexity index is 763. The highest BCUT2D eigenvalue weighted by atomic mass is 32.2. The smallest absolute Gasteiger partial charge is 0.251 e. The third-order valence-electron chi connectivity index (χ3n) is 3.76. The van der Waals surface area contributed by atoms with Crippen molar-refractivity contribution < 1.29 is 9.59 Å². The Kier molecular flexibility index (Phi) is 5.85. The molecule has 1 unspecified atom stereocenters. The van der Waals surface area contributed by atoms with E-state index in [4.69, 9.17) is 0 Å². The number of nitrogens with zero attached hydrogens (tertiary/aromatic N) is 1. The Hall–Kier alpha value is -2.60. The first kappa shape index (κ1) is 17.2. The van der Waals surface area contributed by atoms with Crippen LogP contribution in [0.1, 0.15) is 28.4 Å². The number of amidine groups is 1. The molecule has 0 aliphatic carbocycles. The van der Waals surface area contributed by atoms with Crippen molar-refractivity contribution >= 4 is 28.7 Å². The average Bonchev–Trinajstić information content (AvgIpc) is 3.15. The minimum atomic E-state index is -0.402. The molecule has 1 aliphatic rings. The Labute approximate surface area is 150 Å². The monoisotopic (exact) mass is 353 g/mol. The molecule has 0 bridgehead atoms. The van der Waals surface area contributed by atoms with Crippen molar-refractivity contribution in [3.05, 3.63) is 71.8 Å². The topological polar surface area (TPSA) is 70.6 Å². The Balaban J connectivity index is 1.71. The van der Waals surface area contributed by atoms with E-state index in [1.165, 1.54) is 11.8 Å². The van der Waals surface area contributed by atoms with Gasteiger partial charge in [-0.1, -0.05) is 60.3 Å². The summed E-state index contributed by atoms with van der Waals surface area (Å²) in [6.07, 6.45) is 0.155. The van der Waals surface area contributed by atoms with Gasteiger partial charge in [0.25, 0.3) is 5.91 Å². The van der Waals surface area contributed by atoms with Crippen LogP contribution in [0.4, 0.5) is 0 Å². The summed E-state index contributed by atoms with van der Waals surface area (Å²) in [7, 11) is 0. The number of benzene rings is 2. The average molecular weight is 353 g/mol. The van der Waals surface area contributed by atoms with Gasteiger partial charge in [-0.25, -0.2) is 0 Å². The van der Waals surface area contributed by atoms with Crippen LogP contribution >= 0.6 is 11.8 Å². The fraction of sp³-hybridized carbons (Fsp3) is 0.211. The second-order valence-electron chi connectivity index (χ2n) is 5.59. The second kappa shape index (κ2) is 8.48.